The van der Waals surface area contributed by atoms with Gasteiger partial charge in [0.05, 0.1) is 6.61 Å². The third-order valence-electron chi connectivity index (χ3n) is 3.86. The van der Waals surface area contributed by atoms with Gasteiger partial charge < -0.3 is 15.0 Å². The predicted molar refractivity (Wildman–Crippen MR) is 87.1 cm³/mol. The third kappa shape index (κ3) is 3.62. The molecule has 1 heterocycles. The van der Waals surface area contributed by atoms with Crippen LogP contribution in [0.15, 0.2) is 42.5 Å². The molecule has 0 radical (unpaired) electrons. The fraction of sp³-hybridized carbons (Fsp3) is 0.278. The zero-order valence-electron chi connectivity index (χ0n) is 13.0. The van der Waals surface area contributed by atoms with Gasteiger partial charge in [-0.2, -0.15) is 0 Å². The molecule has 1 aliphatic rings. The normalized spacial score (nSPS) is 13.4. The molecule has 0 aliphatic carbocycles. The molecule has 0 spiro atoms. The molecule has 0 fully saturated rings. The Morgan fingerprint density at radius 1 is 1.26 bits per heavy atom. The Kier molecular flexibility index (Phi) is 4.46. The highest BCUT2D eigenvalue weighted by atomic mass is 19.1. The lowest BCUT2D eigenvalue weighted by Gasteiger charge is -2.29. The highest BCUT2D eigenvalue weighted by Crippen LogP contribution is 2.24. The second-order valence-corrected chi connectivity index (χ2v) is 5.48. The number of rotatable bonds is 3. The first-order chi connectivity index (χ1) is 11.2. The van der Waals surface area contributed by atoms with Crippen LogP contribution in [0.3, 0.4) is 0 Å². The second-order valence-electron chi connectivity index (χ2n) is 5.48. The van der Waals surface area contributed by atoms with Crippen molar-refractivity contribution in [3.05, 3.63) is 59.4 Å². The van der Waals surface area contributed by atoms with Gasteiger partial charge in [-0.3, -0.25) is 0 Å². The maximum atomic E-state index is 13.2. The summed E-state index contributed by atoms with van der Waals surface area (Å²) >= 11 is 0. The molecule has 1 aliphatic heterocycles. The number of hydrogen-bond acceptors (Lipinski definition) is 2. The number of carbonyl (C=O) groups excluding carboxylic acids is 1. The fourth-order valence-electron chi connectivity index (χ4n) is 2.73. The topological polar surface area (TPSA) is 41.6 Å². The number of carbonyl (C=O) groups is 1. The Labute approximate surface area is 134 Å². The Hall–Kier alpha value is -2.56. The summed E-state index contributed by atoms with van der Waals surface area (Å²) in [5.41, 5.74) is 2.80. The number of nitrogens with one attached hydrogen (secondary N) is 1. The van der Waals surface area contributed by atoms with E-state index in [2.05, 4.69) is 11.4 Å². The lowest BCUT2D eigenvalue weighted by molar-refractivity contribution is 0.206. The summed E-state index contributed by atoms with van der Waals surface area (Å²) in [6.07, 6.45) is 0.804. The summed E-state index contributed by atoms with van der Waals surface area (Å²) in [5.74, 6) is 0.451. The molecule has 1 N–H and O–H groups in total. The van der Waals surface area contributed by atoms with Gasteiger partial charge in [0, 0.05) is 18.8 Å². The average molecular weight is 314 g/mol. The van der Waals surface area contributed by atoms with Crippen LogP contribution in [0.4, 0.5) is 14.9 Å². The number of urea groups is 1. The van der Waals surface area contributed by atoms with Crippen molar-refractivity contribution in [3.63, 3.8) is 0 Å². The van der Waals surface area contributed by atoms with Gasteiger partial charge >= 0.3 is 6.03 Å². The van der Waals surface area contributed by atoms with E-state index in [0.717, 1.165) is 17.7 Å². The summed E-state index contributed by atoms with van der Waals surface area (Å²) in [4.78, 5) is 14.1. The molecule has 2 aromatic carbocycles. The number of nitrogens with zero attached hydrogens (tertiary/aromatic N) is 1. The van der Waals surface area contributed by atoms with Crippen LogP contribution >= 0.6 is 0 Å². The van der Waals surface area contributed by atoms with Crippen molar-refractivity contribution in [2.75, 3.05) is 18.5 Å². The maximum Gasteiger partial charge on any atom is 0.322 e. The molecule has 23 heavy (non-hydrogen) atoms. The molecule has 0 unspecified atom stereocenters. The van der Waals surface area contributed by atoms with Crippen molar-refractivity contribution in [3.8, 4) is 5.75 Å². The Morgan fingerprint density at radius 2 is 2.13 bits per heavy atom. The summed E-state index contributed by atoms with van der Waals surface area (Å²) in [6, 6.07) is 11.7. The van der Waals surface area contributed by atoms with Crippen molar-refractivity contribution in [1.29, 1.82) is 0 Å². The predicted octanol–water partition coefficient (Wildman–Crippen LogP) is 3.81. The molecular formula is C18H19FN2O2. The number of halogens is 1. The summed E-state index contributed by atoms with van der Waals surface area (Å²) < 4.78 is 18.7. The molecule has 2 amide bonds. The van der Waals surface area contributed by atoms with Crippen LogP contribution in [0.2, 0.25) is 0 Å². The number of hydrogen-bond donors (Lipinski definition) is 1. The smallest absolute Gasteiger partial charge is 0.322 e. The SMILES string of the molecule is CCOc1ccc2c(c1)CN(C(=O)Nc1cccc(F)c1)CC2. The second kappa shape index (κ2) is 6.69. The Balaban J connectivity index is 1.70. The van der Waals surface area contributed by atoms with Gasteiger partial charge in [-0.25, -0.2) is 9.18 Å². The minimum absolute atomic E-state index is 0.219. The monoisotopic (exact) mass is 314 g/mol. The van der Waals surface area contributed by atoms with E-state index in [4.69, 9.17) is 4.74 Å². The third-order valence-corrected chi connectivity index (χ3v) is 3.86. The molecule has 0 atom stereocenters. The van der Waals surface area contributed by atoms with Crippen LogP contribution in [0.1, 0.15) is 18.1 Å². The van der Waals surface area contributed by atoms with E-state index in [1.807, 2.05) is 19.1 Å². The lowest BCUT2D eigenvalue weighted by Crippen LogP contribution is -2.38. The van der Waals surface area contributed by atoms with Crippen LogP contribution < -0.4 is 10.1 Å². The lowest BCUT2D eigenvalue weighted by atomic mass is 10.00. The van der Waals surface area contributed by atoms with Crippen LogP contribution in [0.5, 0.6) is 5.75 Å². The van der Waals surface area contributed by atoms with Crippen LogP contribution in [0, 0.1) is 5.82 Å². The Morgan fingerprint density at radius 3 is 2.91 bits per heavy atom. The van der Waals surface area contributed by atoms with Crippen molar-refractivity contribution in [2.45, 2.75) is 19.9 Å². The van der Waals surface area contributed by atoms with E-state index < -0.39 is 0 Å². The van der Waals surface area contributed by atoms with Gasteiger partial charge in [0.1, 0.15) is 11.6 Å². The van der Waals surface area contributed by atoms with E-state index in [-0.39, 0.29) is 11.8 Å². The van der Waals surface area contributed by atoms with Gasteiger partial charge in [0.2, 0.25) is 0 Å². The zero-order chi connectivity index (χ0) is 16.2. The molecule has 0 saturated heterocycles. The molecule has 3 rings (SSSR count). The van der Waals surface area contributed by atoms with Gasteiger partial charge in [-0.05, 0) is 54.8 Å². The molecule has 0 aromatic heterocycles. The van der Waals surface area contributed by atoms with Gasteiger partial charge in [-0.1, -0.05) is 12.1 Å². The van der Waals surface area contributed by atoms with Crippen LogP contribution in [-0.4, -0.2) is 24.1 Å². The first-order valence-electron chi connectivity index (χ1n) is 7.72. The zero-order valence-corrected chi connectivity index (χ0v) is 13.0. The number of benzene rings is 2. The van der Waals surface area contributed by atoms with Crippen molar-refractivity contribution in [2.24, 2.45) is 0 Å². The highest BCUT2D eigenvalue weighted by Gasteiger charge is 2.21. The quantitative estimate of drug-likeness (QED) is 0.936. The molecule has 0 bridgehead atoms. The van der Waals surface area contributed by atoms with Gasteiger partial charge in [-0.15, -0.1) is 0 Å². The first-order valence-corrected chi connectivity index (χ1v) is 7.72. The number of ether oxygens (including phenoxy) is 1. The van der Waals surface area contributed by atoms with E-state index in [9.17, 15) is 9.18 Å². The van der Waals surface area contributed by atoms with Crippen LogP contribution in [-0.2, 0) is 13.0 Å². The summed E-state index contributed by atoms with van der Waals surface area (Å²) in [5, 5.41) is 2.74. The minimum Gasteiger partial charge on any atom is -0.494 e. The fourth-order valence-corrected chi connectivity index (χ4v) is 2.73. The molecule has 5 heteroatoms. The maximum absolute atomic E-state index is 13.2. The van der Waals surface area contributed by atoms with Crippen molar-refractivity contribution in [1.82, 2.24) is 4.90 Å². The van der Waals surface area contributed by atoms with E-state index in [1.54, 1.807) is 17.0 Å². The van der Waals surface area contributed by atoms with Gasteiger partial charge in [0.15, 0.2) is 0 Å². The van der Waals surface area contributed by atoms with Crippen LogP contribution in [0.25, 0.3) is 0 Å². The number of anilines is 1. The standard InChI is InChI=1S/C18H19FN2O2/c1-2-23-17-7-6-13-8-9-21(12-14(13)10-17)18(22)20-16-5-3-4-15(19)11-16/h3-7,10-11H,2,8-9,12H2,1H3,(H,20,22). The van der Waals surface area contributed by atoms with Gasteiger partial charge in [0.25, 0.3) is 0 Å². The van der Waals surface area contributed by atoms with Crippen molar-refractivity contribution < 1.29 is 13.9 Å². The highest BCUT2D eigenvalue weighted by molar-refractivity contribution is 5.89. The summed E-state index contributed by atoms with van der Waals surface area (Å²) in [7, 11) is 0. The Bertz CT molecular complexity index is 718. The molecular weight excluding hydrogens is 295 g/mol. The number of fused-ring (bicyclic) bond motifs is 1. The molecule has 2 aromatic rings. The largest absolute Gasteiger partial charge is 0.494 e. The first kappa shape index (κ1) is 15.3. The minimum atomic E-state index is -0.367. The average Bonchev–Trinajstić information content (AvgIpc) is 2.54. The van der Waals surface area contributed by atoms with E-state index in [1.165, 1.54) is 17.7 Å². The van der Waals surface area contributed by atoms with E-state index >= 15 is 0 Å². The molecule has 0 saturated carbocycles. The number of amides is 2. The summed E-state index contributed by atoms with van der Waals surface area (Å²) in [6.45, 7) is 3.72. The van der Waals surface area contributed by atoms with Crippen molar-refractivity contribution >= 4 is 11.7 Å². The molecule has 120 valence electrons. The van der Waals surface area contributed by atoms with E-state index in [0.29, 0.717) is 25.4 Å². The molecule has 4 nitrogen and oxygen atoms in total.